The molecule has 0 spiro atoms. The van der Waals surface area contributed by atoms with E-state index in [1.807, 2.05) is 0 Å². The van der Waals surface area contributed by atoms with Crippen LogP contribution in [0.1, 0.15) is 0 Å². The zero-order valence-electron chi connectivity index (χ0n) is 10.5. The summed E-state index contributed by atoms with van der Waals surface area (Å²) in [6, 6.07) is 1.29. The third-order valence-corrected chi connectivity index (χ3v) is 3.34. The molecule has 2 aromatic rings. The van der Waals surface area contributed by atoms with Gasteiger partial charge < -0.3 is 4.98 Å². The van der Waals surface area contributed by atoms with E-state index in [1.54, 1.807) is 0 Å². The van der Waals surface area contributed by atoms with Crippen LogP contribution in [0.25, 0.3) is 10.9 Å². The number of aromatic nitrogens is 2. The number of nitrogens with one attached hydrogen (secondary N) is 1. The molecule has 1 heterocycles. The SMILES string of the molecule is CS(=O)(=O)Cn1c(=O)[nH]c2cc([N+](=O)[O-])c(F)cc2c1=O. The van der Waals surface area contributed by atoms with E-state index in [2.05, 4.69) is 4.98 Å². The van der Waals surface area contributed by atoms with Gasteiger partial charge in [-0.15, -0.1) is 0 Å². The smallest absolute Gasteiger partial charge is 0.306 e. The maximum absolute atomic E-state index is 13.5. The highest BCUT2D eigenvalue weighted by Crippen LogP contribution is 2.20. The second kappa shape index (κ2) is 4.77. The highest BCUT2D eigenvalue weighted by Gasteiger charge is 2.19. The summed E-state index contributed by atoms with van der Waals surface area (Å²) in [5, 5.41) is 10.2. The fraction of sp³-hybridized carbons (Fsp3) is 0.200. The number of rotatable bonds is 3. The number of nitro benzene ring substituents is 1. The molecule has 0 aliphatic rings. The van der Waals surface area contributed by atoms with Gasteiger partial charge in [-0.05, 0) is 6.07 Å². The summed E-state index contributed by atoms with van der Waals surface area (Å²) < 4.78 is 36.2. The minimum absolute atomic E-state index is 0.247. The topological polar surface area (TPSA) is 132 Å². The summed E-state index contributed by atoms with van der Waals surface area (Å²) in [6.07, 6.45) is 0.819. The van der Waals surface area contributed by atoms with Gasteiger partial charge in [0.2, 0.25) is 5.82 Å². The Labute approximate surface area is 115 Å². The van der Waals surface area contributed by atoms with E-state index in [-0.39, 0.29) is 10.9 Å². The number of halogens is 1. The molecule has 112 valence electrons. The van der Waals surface area contributed by atoms with Crippen LogP contribution in [-0.2, 0) is 15.7 Å². The van der Waals surface area contributed by atoms with E-state index in [1.165, 1.54) is 0 Å². The number of nitrogens with zero attached hydrogens (tertiary/aromatic N) is 2. The summed E-state index contributed by atoms with van der Waals surface area (Å²) in [7, 11) is -3.68. The predicted molar refractivity (Wildman–Crippen MR) is 70.3 cm³/mol. The summed E-state index contributed by atoms with van der Waals surface area (Å²) in [6.45, 7) is 0. The van der Waals surface area contributed by atoms with E-state index in [0.29, 0.717) is 16.7 Å². The van der Waals surface area contributed by atoms with Gasteiger partial charge in [-0.1, -0.05) is 0 Å². The number of benzene rings is 1. The van der Waals surface area contributed by atoms with Gasteiger partial charge in [-0.25, -0.2) is 17.8 Å². The molecule has 0 fully saturated rings. The average molecular weight is 317 g/mol. The highest BCUT2D eigenvalue weighted by atomic mass is 32.2. The first-order chi connectivity index (χ1) is 9.60. The van der Waals surface area contributed by atoms with Gasteiger partial charge in [0.1, 0.15) is 5.88 Å². The van der Waals surface area contributed by atoms with Crippen LogP contribution in [0.3, 0.4) is 0 Å². The van der Waals surface area contributed by atoms with Gasteiger partial charge in [-0.3, -0.25) is 14.9 Å². The average Bonchev–Trinajstić information content (AvgIpc) is 2.33. The molecule has 0 aliphatic carbocycles. The Morgan fingerprint density at radius 1 is 1.38 bits per heavy atom. The molecular formula is C10H8FN3O6S. The van der Waals surface area contributed by atoms with Crippen molar-refractivity contribution in [2.75, 3.05) is 6.26 Å². The Hall–Kier alpha value is -2.56. The van der Waals surface area contributed by atoms with Crippen molar-refractivity contribution in [2.45, 2.75) is 5.88 Å². The molecule has 0 unspecified atom stereocenters. The van der Waals surface area contributed by atoms with E-state index in [9.17, 15) is 32.5 Å². The van der Waals surface area contributed by atoms with Crippen LogP contribution in [-0.4, -0.2) is 29.1 Å². The molecule has 0 aliphatic heterocycles. The number of fused-ring (bicyclic) bond motifs is 1. The highest BCUT2D eigenvalue weighted by molar-refractivity contribution is 7.89. The molecule has 0 amide bonds. The lowest BCUT2D eigenvalue weighted by atomic mass is 10.2. The zero-order chi connectivity index (χ0) is 15.9. The van der Waals surface area contributed by atoms with Gasteiger partial charge in [0.15, 0.2) is 9.84 Å². The molecule has 0 saturated carbocycles. The van der Waals surface area contributed by atoms with E-state index in [4.69, 9.17) is 0 Å². The standard InChI is InChI=1S/C10H8FN3O6S/c1-21(19,20)4-13-9(15)5-2-6(11)8(14(17)18)3-7(5)12-10(13)16/h2-3H,4H2,1H3,(H,12,16). The lowest BCUT2D eigenvalue weighted by molar-refractivity contribution is -0.387. The number of aromatic amines is 1. The Balaban J connectivity index is 2.85. The van der Waals surface area contributed by atoms with Crippen LogP contribution in [0.15, 0.2) is 21.7 Å². The van der Waals surface area contributed by atoms with Crippen LogP contribution in [0.4, 0.5) is 10.1 Å². The summed E-state index contributed by atoms with van der Waals surface area (Å²) in [5.41, 5.74) is -3.26. The molecule has 0 atom stereocenters. The van der Waals surface area contributed by atoms with E-state index >= 15 is 0 Å². The van der Waals surface area contributed by atoms with Crippen LogP contribution in [0.2, 0.25) is 0 Å². The Kier molecular flexibility index (Phi) is 3.37. The van der Waals surface area contributed by atoms with Gasteiger partial charge >= 0.3 is 11.4 Å². The first-order valence-electron chi connectivity index (χ1n) is 5.38. The Morgan fingerprint density at radius 3 is 2.52 bits per heavy atom. The molecule has 11 heteroatoms. The van der Waals surface area contributed by atoms with Gasteiger partial charge in [-0.2, -0.15) is 4.39 Å². The van der Waals surface area contributed by atoms with Crippen molar-refractivity contribution in [1.29, 1.82) is 0 Å². The zero-order valence-corrected chi connectivity index (χ0v) is 11.3. The third kappa shape index (κ3) is 2.81. The minimum atomic E-state index is -3.68. The summed E-state index contributed by atoms with van der Waals surface area (Å²) in [4.78, 5) is 35.4. The van der Waals surface area contributed by atoms with Gasteiger partial charge in [0, 0.05) is 12.3 Å². The van der Waals surface area contributed by atoms with Gasteiger partial charge in [0.05, 0.1) is 15.8 Å². The maximum Gasteiger partial charge on any atom is 0.329 e. The maximum atomic E-state index is 13.5. The lowest BCUT2D eigenvalue weighted by Gasteiger charge is -2.05. The van der Waals surface area contributed by atoms with Gasteiger partial charge in [0.25, 0.3) is 5.56 Å². The second-order valence-electron chi connectivity index (χ2n) is 4.32. The number of sulfone groups is 1. The van der Waals surface area contributed by atoms with Crippen LogP contribution in [0, 0.1) is 15.9 Å². The fourth-order valence-electron chi connectivity index (χ4n) is 1.75. The number of hydrogen-bond donors (Lipinski definition) is 1. The van der Waals surface area contributed by atoms with Crippen molar-refractivity contribution in [1.82, 2.24) is 9.55 Å². The number of nitro groups is 1. The van der Waals surface area contributed by atoms with Crippen LogP contribution >= 0.6 is 0 Å². The first kappa shape index (κ1) is 14.8. The minimum Gasteiger partial charge on any atom is -0.306 e. The second-order valence-corrected chi connectivity index (χ2v) is 6.43. The summed E-state index contributed by atoms with van der Waals surface area (Å²) in [5.74, 6) is -2.14. The molecule has 0 bridgehead atoms. The molecule has 0 radical (unpaired) electrons. The molecule has 1 aromatic heterocycles. The lowest BCUT2D eigenvalue weighted by Crippen LogP contribution is -2.37. The Morgan fingerprint density at radius 2 is 2.00 bits per heavy atom. The van der Waals surface area contributed by atoms with E-state index < -0.39 is 43.4 Å². The molecule has 1 N–H and O–H groups in total. The van der Waals surface area contributed by atoms with Crippen molar-refractivity contribution < 1.29 is 17.7 Å². The predicted octanol–water partition coefficient (Wildman–Crippen LogP) is -0.261. The largest absolute Gasteiger partial charge is 0.329 e. The molecule has 1 aromatic carbocycles. The quantitative estimate of drug-likeness (QED) is 0.612. The molecule has 2 rings (SSSR count). The first-order valence-corrected chi connectivity index (χ1v) is 7.44. The molecule has 9 nitrogen and oxygen atoms in total. The van der Waals surface area contributed by atoms with Crippen molar-refractivity contribution in [3.8, 4) is 0 Å². The van der Waals surface area contributed by atoms with Crippen molar-refractivity contribution >= 4 is 26.4 Å². The third-order valence-electron chi connectivity index (χ3n) is 2.61. The fourth-order valence-corrected chi connectivity index (χ4v) is 2.46. The Bertz CT molecular complexity index is 975. The number of hydrogen-bond acceptors (Lipinski definition) is 6. The van der Waals surface area contributed by atoms with Crippen LogP contribution in [0.5, 0.6) is 0 Å². The molecule has 0 saturated heterocycles. The summed E-state index contributed by atoms with van der Waals surface area (Å²) >= 11 is 0. The number of H-pyrrole nitrogens is 1. The van der Waals surface area contributed by atoms with E-state index in [0.717, 1.165) is 6.26 Å². The van der Waals surface area contributed by atoms with Crippen molar-refractivity contribution in [2.24, 2.45) is 0 Å². The van der Waals surface area contributed by atoms with Crippen molar-refractivity contribution in [3.63, 3.8) is 0 Å². The molecular weight excluding hydrogens is 309 g/mol. The van der Waals surface area contributed by atoms with Crippen LogP contribution < -0.4 is 11.2 Å². The monoisotopic (exact) mass is 317 g/mol. The molecule has 21 heavy (non-hydrogen) atoms. The normalized spacial score (nSPS) is 11.7. The van der Waals surface area contributed by atoms with Crippen molar-refractivity contribution in [3.05, 3.63) is 48.9 Å².